The van der Waals surface area contributed by atoms with Crippen LogP contribution < -0.4 is 0 Å². The van der Waals surface area contributed by atoms with Gasteiger partial charge in [0.25, 0.3) is 0 Å². The highest BCUT2D eigenvalue weighted by atomic mass is 15.2. The molecule has 1 aliphatic heterocycles. The summed E-state index contributed by atoms with van der Waals surface area (Å²) in [5.41, 5.74) is 0.345. The van der Waals surface area contributed by atoms with E-state index in [1.165, 1.54) is 13.0 Å². The second kappa shape index (κ2) is 4.45. The summed E-state index contributed by atoms with van der Waals surface area (Å²) in [5, 5.41) is 0. The number of hydrogen-bond donors (Lipinski definition) is 0. The summed E-state index contributed by atoms with van der Waals surface area (Å²) in [6.07, 6.45) is 1.33. The number of hydrogen-bond acceptors (Lipinski definition) is 1. The molecular weight excluding hydrogens is 182 g/mol. The predicted octanol–water partition coefficient (Wildman–Crippen LogP) is 3.79. The maximum Gasteiger partial charge on any atom is 0.0179 e. The molecule has 0 aromatic carbocycles. The van der Waals surface area contributed by atoms with Crippen molar-refractivity contribution in [1.82, 2.24) is 4.90 Å². The lowest BCUT2D eigenvalue weighted by Crippen LogP contribution is -2.50. The lowest BCUT2D eigenvalue weighted by Gasteiger charge is -2.42. The van der Waals surface area contributed by atoms with Gasteiger partial charge in [0.15, 0.2) is 0 Å². The molecule has 1 heteroatoms. The van der Waals surface area contributed by atoms with Crippen LogP contribution in [0.1, 0.15) is 54.9 Å². The molecule has 1 saturated heterocycles. The molecule has 1 aliphatic rings. The fourth-order valence-electron chi connectivity index (χ4n) is 3.15. The first kappa shape index (κ1) is 13.0. The van der Waals surface area contributed by atoms with Crippen molar-refractivity contribution < 1.29 is 0 Å². The van der Waals surface area contributed by atoms with Gasteiger partial charge in [-0.1, -0.05) is 34.1 Å². The predicted molar refractivity (Wildman–Crippen MR) is 68.0 cm³/mol. The Bertz CT molecular complexity index is 207. The fourth-order valence-corrected chi connectivity index (χ4v) is 3.15. The van der Waals surface area contributed by atoms with Crippen molar-refractivity contribution in [1.29, 1.82) is 0 Å². The molecule has 3 atom stereocenters. The van der Waals surface area contributed by atoms with Gasteiger partial charge in [-0.2, -0.15) is 0 Å². The van der Waals surface area contributed by atoms with Gasteiger partial charge in [0.2, 0.25) is 0 Å². The van der Waals surface area contributed by atoms with Crippen LogP contribution in [-0.4, -0.2) is 23.0 Å². The molecule has 0 bridgehead atoms. The molecule has 0 amide bonds. The molecule has 1 fully saturated rings. The average molecular weight is 211 g/mol. The van der Waals surface area contributed by atoms with Gasteiger partial charge in [0.05, 0.1) is 0 Å². The minimum atomic E-state index is 0.345. The monoisotopic (exact) mass is 211 g/mol. The normalized spacial score (nSPS) is 34.0. The molecule has 0 aromatic heterocycles. The zero-order valence-electron chi connectivity index (χ0n) is 11.7. The molecule has 15 heavy (non-hydrogen) atoms. The highest BCUT2D eigenvalue weighted by Crippen LogP contribution is 2.38. The van der Waals surface area contributed by atoms with Gasteiger partial charge in [-0.25, -0.2) is 0 Å². The van der Waals surface area contributed by atoms with E-state index in [0.29, 0.717) is 5.54 Å². The lowest BCUT2D eigenvalue weighted by atomic mass is 9.87. The van der Waals surface area contributed by atoms with Crippen LogP contribution in [0.3, 0.4) is 0 Å². The third kappa shape index (κ3) is 2.22. The number of nitrogens with zero attached hydrogens (tertiary/aromatic N) is 1. The Hall–Kier alpha value is -0.0400. The third-order valence-electron chi connectivity index (χ3n) is 4.95. The second-order valence-electron chi connectivity index (χ2n) is 6.25. The Balaban J connectivity index is 2.82. The first-order chi connectivity index (χ1) is 6.82. The van der Waals surface area contributed by atoms with E-state index in [9.17, 15) is 0 Å². The van der Waals surface area contributed by atoms with E-state index < -0.39 is 0 Å². The lowest BCUT2D eigenvalue weighted by molar-refractivity contribution is 0.0607. The summed E-state index contributed by atoms with van der Waals surface area (Å²) in [5.74, 6) is 2.48. The summed E-state index contributed by atoms with van der Waals surface area (Å²) in [6.45, 7) is 17.9. The van der Waals surface area contributed by atoms with Crippen molar-refractivity contribution in [3.63, 3.8) is 0 Å². The highest BCUT2D eigenvalue weighted by molar-refractivity contribution is 4.96. The maximum atomic E-state index is 2.73. The molecule has 0 radical (unpaired) electrons. The molecule has 0 saturated carbocycles. The van der Waals surface area contributed by atoms with E-state index >= 15 is 0 Å². The van der Waals surface area contributed by atoms with E-state index in [4.69, 9.17) is 0 Å². The minimum Gasteiger partial charge on any atom is -0.295 e. The van der Waals surface area contributed by atoms with Crippen LogP contribution in [0.5, 0.6) is 0 Å². The van der Waals surface area contributed by atoms with E-state index in [2.05, 4.69) is 53.4 Å². The van der Waals surface area contributed by atoms with Crippen molar-refractivity contribution in [2.45, 2.75) is 66.5 Å². The molecule has 1 unspecified atom stereocenters. The highest BCUT2D eigenvalue weighted by Gasteiger charge is 2.43. The van der Waals surface area contributed by atoms with E-state index in [1.54, 1.807) is 0 Å². The van der Waals surface area contributed by atoms with E-state index in [0.717, 1.165) is 23.8 Å². The van der Waals surface area contributed by atoms with Crippen LogP contribution in [0.4, 0.5) is 0 Å². The summed E-state index contributed by atoms with van der Waals surface area (Å²) < 4.78 is 0. The molecule has 0 spiro atoms. The molecule has 0 N–H and O–H groups in total. The third-order valence-corrected chi connectivity index (χ3v) is 4.95. The van der Waals surface area contributed by atoms with Crippen LogP contribution in [0.2, 0.25) is 0 Å². The Morgan fingerprint density at radius 2 is 1.80 bits per heavy atom. The minimum absolute atomic E-state index is 0.345. The largest absolute Gasteiger partial charge is 0.295 e. The number of likely N-dealkylation sites (tertiary alicyclic amines) is 1. The molecule has 90 valence electrons. The van der Waals surface area contributed by atoms with Gasteiger partial charge in [0, 0.05) is 18.1 Å². The first-order valence-electron chi connectivity index (χ1n) is 6.59. The second-order valence-corrected chi connectivity index (χ2v) is 6.25. The smallest absolute Gasteiger partial charge is 0.0179 e. The summed E-state index contributed by atoms with van der Waals surface area (Å²) >= 11 is 0. The van der Waals surface area contributed by atoms with Crippen molar-refractivity contribution in [3.8, 4) is 0 Å². The van der Waals surface area contributed by atoms with Crippen molar-refractivity contribution in [2.24, 2.45) is 17.8 Å². The maximum absolute atomic E-state index is 2.73. The van der Waals surface area contributed by atoms with Gasteiger partial charge in [0.1, 0.15) is 0 Å². The molecule has 1 rings (SSSR count). The van der Waals surface area contributed by atoms with Crippen LogP contribution in [-0.2, 0) is 0 Å². The summed E-state index contributed by atoms with van der Waals surface area (Å²) in [4.78, 5) is 2.73. The standard InChI is InChI=1S/C14H29N/c1-8-13-11(4)9-15(12(13)5)14(6,7)10(2)3/h10-13H,8-9H2,1-7H3/t11-,12?,13+/m1/s1. The van der Waals surface area contributed by atoms with E-state index in [-0.39, 0.29) is 0 Å². The van der Waals surface area contributed by atoms with Gasteiger partial charge in [-0.3, -0.25) is 4.90 Å². The topological polar surface area (TPSA) is 3.24 Å². The summed E-state index contributed by atoms with van der Waals surface area (Å²) in [7, 11) is 0. The Kier molecular flexibility index (Phi) is 3.86. The zero-order chi connectivity index (χ0) is 11.8. The Morgan fingerprint density at radius 1 is 1.27 bits per heavy atom. The zero-order valence-corrected chi connectivity index (χ0v) is 11.7. The molecule has 1 heterocycles. The van der Waals surface area contributed by atoms with Crippen molar-refractivity contribution in [2.75, 3.05) is 6.54 Å². The molecule has 0 aromatic rings. The van der Waals surface area contributed by atoms with Gasteiger partial charge in [-0.05, 0) is 38.5 Å². The summed E-state index contributed by atoms with van der Waals surface area (Å²) in [6, 6.07) is 0.752. The Morgan fingerprint density at radius 3 is 2.13 bits per heavy atom. The molecule has 0 aliphatic carbocycles. The van der Waals surface area contributed by atoms with Crippen molar-refractivity contribution in [3.05, 3.63) is 0 Å². The molecular formula is C14H29N. The van der Waals surface area contributed by atoms with Crippen molar-refractivity contribution >= 4 is 0 Å². The quantitative estimate of drug-likeness (QED) is 0.686. The Labute approximate surface area is 96.2 Å². The molecule has 1 nitrogen and oxygen atoms in total. The van der Waals surface area contributed by atoms with Gasteiger partial charge in [-0.15, -0.1) is 0 Å². The number of rotatable bonds is 3. The van der Waals surface area contributed by atoms with Gasteiger partial charge < -0.3 is 0 Å². The SMILES string of the molecule is CC[C@@H]1C(C)N(C(C)(C)C(C)C)C[C@H]1C. The first-order valence-corrected chi connectivity index (χ1v) is 6.59. The van der Waals surface area contributed by atoms with Crippen LogP contribution in [0.25, 0.3) is 0 Å². The van der Waals surface area contributed by atoms with Crippen LogP contribution in [0, 0.1) is 17.8 Å². The van der Waals surface area contributed by atoms with Gasteiger partial charge >= 0.3 is 0 Å². The van der Waals surface area contributed by atoms with E-state index in [1.807, 2.05) is 0 Å². The van der Waals surface area contributed by atoms with Crippen LogP contribution in [0.15, 0.2) is 0 Å². The van der Waals surface area contributed by atoms with Crippen LogP contribution >= 0.6 is 0 Å². The average Bonchev–Trinajstić information content (AvgIpc) is 2.41. The fraction of sp³-hybridized carbons (Fsp3) is 1.00.